The lowest BCUT2D eigenvalue weighted by molar-refractivity contribution is 0.0956. The first-order valence-electron chi connectivity index (χ1n) is 8.53. The minimum atomic E-state index is -0.329. The van der Waals surface area contributed by atoms with Crippen molar-refractivity contribution in [3.05, 3.63) is 89.4 Å². The fraction of sp³-hybridized carbons (Fsp3) is 0. The van der Waals surface area contributed by atoms with E-state index in [-0.39, 0.29) is 5.91 Å². The lowest BCUT2D eigenvalue weighted by Crippen LogP contribution is -2.17. The van der Waals surface area contributed by atoms with Gasteiger partial charge in [-0.1, -0.05) is 36.4 Å². The Morgan fingerprint density at radius 3 is 2.75 bits per heavy atom. The molecule has 0 unspecified atom stereocenters. The first-order valence-corrected chi connectivity index (χ1v) is 9.41. The SMILES string of the molecule is O=C(N/N=C/c1cccc(Oc2ccccc2)c1)c1cn[nH]c1-c1cccs1. The molecule has 28 heavy (non-hydrogen) atoms. The molecular weight excluding hydrogens is 372 g/mol. The molecule has 0 spiro atoms. The van der Waals surface area contributed by atoms with Gasteiger partial charge in [0.25, 0.3) is 5.91 Å². The van der Waals surface area contributed by atoms with E-state index in [1.54, 1.807) is 6.21 Å². The molecule has 2 heterocycles. The van der Waals surface area contributed by atoms with Crippen LogP contribution >= 0.6 is 11.3 Å². The van der Waals surface area contributed by atoms with Crippen molar-refractivity contribution in [1.29, 1.82) is 0 Å². The number of hydrogen-bond acceptors (Lipinski definition) is 5. The number of nitrogens with one attached hydrogen (secondary N) is 2. The van der Waals surface area contributed by atoms with Crippen molar-refractivity contribution in [2.24, 2.45) is 5.10 Å². The standard InChI is InChI=1S/C21H16N4O2S/c26-21(18-14-23-24-20(18)19-10-5-11-28-19)25-22-13-15-6-4-9-17(12-15)27-16-7-2-1-3-8-16/h1-14H,(H,23,24)(H,25,26)/b22-13+. The van der Waals surface area contributed by atoms with Crippen molar-refractivity contribution in [3.8, 4) is 22.1 Å². The van der Waals surface area contributed by atoms with Crippen LogP contribution in [0.15, 0.2) is 83.4 Å². The van der Waals surface area contributed by atoms with Crippen LogP contribution in [0.25, 0.3) is 10.6 Å². The zero-order valence-corrected chi connectivity index (χ0v) is 15.5. The van der Waals surface area contributed by atoms with Crippen LogP contribution in [0.4, 0.5) is 0 Å². The molecule has 0 aliphatic rings. The summed E-state index contributed by atoms with van der Waals surface area (Å²) in [5, 5.41) is 12.8. The van der Waals surface area contributed by atoms with E-state index in [9.17, 15) is 4.79 Å². The van der Waals surface area contributed by atoms with Gasteiger partial charge in [0.05, 0.1) is 28.5 Å². The van der Waals surface area contributed by atoms with E-state index in [1.165, 1.54) is 17.5 Å². The second-order valence-electron chi connectivity index (χ2n) is 5.82. The Morgan fingerprint density at radius 1 is 1.07 bits per heavy atom. The summed E-state index contributed by atoms with van der Waals surface area (Å²) in [6.45, 7) is 0. The van der Waals surface area contributed by atoms with Crippen molar-refractivity contribution in [2.75, 3.05) is 0 Å². The monoisotopic (exact) mass is 388 g/mol. The topological polar surface area (TPSA) is 79.4 Å². The molecule has 0 radical (unpaired) electrons. The second-order valence-corrected chi connectivity index (χ2v) is 6.77. The number of carbonyl (C=O) groups is 1. The maximum absolute atomic E-state index is 12.4. The number of thiophene rings is 1. The van der Waals surface area contributed by atoms with Crippen LogP contribution in [0.1, 0.15) is 15.9 Å². The van der Waals surface area contributed by atoms with Crippen LogP contribution in [-0.4, -0.2) is 22.3 Å². The number of hydrazone groups is 1. The zero-order chi connectivity index (χ0) is 19.2. The van der Waals surface area contributed by atoms with Crippen molar-refractivity contribution >= 4 is 23.5 Å². The molecule has 0 saturated carbocycles. The Bertz CT molecular complexity index is 1090. The predicted molar refractivity (Wildman–Crippen MR) is 110 cm³/mol. The van der Waals surface area contributed by atoms with Crippen molar-refractivity contribution in [1.82, 2.24) is 15.6 Å². The van der Waals surface area contributed by atoms with Gasteiger partial charge in [-0.3, -0.25) is 9.89 Å². The number of amides is 1. The molecule has 6 nitrogen and oxygen atoms in total. The summed E-state index contributed by atoms with van der Waals surface area (Å²) >= 11 is 1.53. The predicted octanol–water partition coefficient (Wildman–Crippen LogP) is 4.69. The van der Waals surface area contributed by atoms with E-state index in [2.05, 4.69) is 20.7 Å². The van der Waals surface area contributed by atoms with Gasteiger partial charge >= 0.3 is 0 Å². The Labute approximate surface area is 165 Å². The molecule has 4 rings (SSSR count). The van der Waals surface area contributed by atoms with E-state index in [4.69, 9.17) is 4.74 Å². The minimum absolute atomic E-state index is 0.329. The summed E-state index contributed by atoms with van der Waals surface area (Å²) in [7, 11) is 0. The highest BCUT2D eigenvalue weighted by molar-refractivity contribution is 7.13. The van der Waals surface area contributed by atoms with E-state index in [1.807, 2.05) is 72.1 Å². The summed E-state index contributed by atoms with van der Waals surface area (Å²) in [6.07, 6.45) is 3.06. The summed E-state index contributed by atoms with van der Waals surface area (Å²) in [5.41, 5.74) is 4.47. The van der Waals surface area contributed by atoms with E-state index < -0.39 is 0 Å². The van der Waals surface area contributed by atoms with Gasteiger partial charge in [0.1, 0.15) is 11.5 Å². The molecular formula is C21H16N4O2S. The number of ether oxygens (including phenoxy) is 1. The second kappa shape index (κ2) is 8.32. The average Bonchev–Trinajstić information content (AvgIpc) is 3.40. The molecule has 0 aliphatic carbocycles. The maximum atomic E-state index is 12.4. The number of rotatable bonds is 6. The number of para-hydroxylation sites is 1. The number of H-pyrrole nitrogens is 1. The fourth-order valence-corrected chi connectivity index (χ4v) is 3.31. The summed E-state index contributed by atoms with van der Waals surface area (Å²) in [5.74, 6) is 1.12. The van der Waals surface area contributed by atoms with Crippen molar-refractivity contribution in [3.63, 3.8) is 0 Å². The van der Waals surface area contributed by atoms with Crippen LogP contribution in [0, 0.1) is 0 Å². The molecule has 138 valence electrons. The van der Waals surface area contributed by atoms with E-state index >= 15 is 0 Å². The van der Waals surface area contributed by atoms with Crippen LogP contribution in [0.3, 0.4) is 0 Å². The molecule has 2 aromatic heterocycles. The highest BCUT2D eigenvalue weighted by Crippen LogP contribution is 2.25. The fourth-order valence-electron chi connectivity index (χ4n) is 2.58. The Balaban J connectivity index is 1.42. The summed E-state index contributed by atoms with van der Waals surface area (Å²) in [6, 6.07) is 20.8. The maximum Gasteiger partial charge on any atom is 0.275 e. The minimum Gasteiger partial charge on any atom is -0.457 e. The van der Waals surface area contributed by atoms with Crippen molar-refractivity contribution < 1.29 is 9.53 Å². The Hall–Kier alpha value is -3.71. The van der Waals surface area contributed by atoms with E-state index in [0.717, 1.165) is 16.2 Å². The van der Waals surface area contributed by atoms with Gasteiger partial charge in [-0.15, -0.1) is 11.3 Å². The molecule has 7 heteroatoms. The molecule has 0 bridgehead atoms. The summed E-state index contributed by atoms with van der Waals surface area (Å²) < 4.78 is 5.80. The zero-order valence-electron chi connectivity index (χ0n) is 14.7. The third-order valence-corrected chi connectivity index (χ3v) is 4.76. The highest BCUT2D eigenvalue weighted by Gasteiger charge is 2.15. The number of carbonyl (C=O) groups excluding carboxylic acids is 1. The third kappa shape index (κ3) is 4.16. The van der Waals surface area contributed by atoms with Gasteiger partial charge in [0.2, 0.25) is 0 Å². The Morgan fingerprint density at radius 2 is 1.93 bits per heavy atom. The number of hydrogen-bond donors (Lipinski definition) is 2. The quantitative estimate of drug-likeness (QED) is 0.371. The average molecular weight is 388 g/mol. The highest BCUT2D eigenvalue weighted by atomic mass is 32.1. The summed E-state index contributed by atoms with van der Waals surface area (Å²) in [4.78, 5) is 13.4. The first-order chi connectivity index (χ1) is 13.8. The normalized spacial score (nSPS) is 10.9. The molecule has 0 saturated heterocycles. The van der Waals surface area contributed by atoms with Crippen molar-refractivity contribution in [2.45, 2.75) is 0 Å². The third-order valence-electron chi connectivity index (χ3n) is 3.87. The van der Waals surface area contributed by atoms with Gasteiger partial charge in [0.15, 0.2) is 0 Å². The largest absolute Gasteiger partial charge is 0.457 e. The van der Waals surface area contributed by atoms with E-state index in [0.29, 0.717) is 17.0 Å². The van der Waals surface area contributed by atoms with Gasteiger partial charge in [-0.25, -0.2) is 5.43 Å². The molecule has 4 aromatic rings. The van der Waals surface area contributed by atoms with Gasteiger partial charge in [-0.2, -0.15) is 10.2 Å². The molecule has 0 fully saturated rings. The molecule has 1 amide bonds. The molecule has 0 aliphatic heterocycles. The van der Waals surface area contributed by atoms with Gasteiger partial charge < -0.3 is 4.74 Å². The smallest absolute Gasteiger partial charge is 0.275 e. The van der Waals surface area contributed by atoms with Gasteiger partial charge in [0, 0.05) is 0 Å². The first kappa shape index (κ1) is 17.7. The van der Waals surface area contributed by atoms with Crippen LogP contribution in [-0.2, 0) is 0 Å². The number of aromatic amines is 1. The number of benzene rings is 2. The lowest BCUT2D eigenvalue weighted by Gasteiger charge is -2.05. The number of aromatic nitrogens is 2. The molecule has 2 aromatic carbocycles. The van der Waals surface area contributed by atoms with Crippen LogP contribution in [0.2, 0.25) is 0 Å². The Kier molecular flexibility index (Phi) is 5.26. The lowest BCUT2D eigenvalue weighted by atomic mass is 10.2. The van der Waals surface area contributed by atoms with Crippen LogP contribution in [0.5, 0.6) is 11.5 Å². The van der Waals surface area contributed by atoms with Crippen LogP contribution < -0.4 is 10.2 Å². The molecule has 2 N–H and O–H groups in total. The number of nitrogens with zero attached hydrogens (tertiary/aromatic N) is 2. The molecule has 0 atom stereocenters. The van der Waals surface area contributed by atoms with Gasteiger partial charge in [-0.05, 0) is 41.3 Å².